The molecule has 0 unspecified atom stereocenters. The summed E-state index contributed by atoms with van der Waals surface area (Å²) in [4.78, 5) is 0. The van der Waals surface area contributed by atoms with Crippen molar-refractivity contribution >= 4 is 0 Å². The lowest BCUT2D eigenvalue weighted by molar-refractivity contribution is 0.150. The Kier molecular flexibility index (Phi) is 5.64. The Bertz CT molecular complexity index is 150. The summed E-state index contributed by atoms with van der Waals surface area (Å²) in [6.45, 7) is 11.2. The summed E-state index contributed by atoms with van der Waals surface area (Å²) in [5.41, 5.74) is 6.03. The summed E-state index contributed by atoms with van der Waals surface area (Å²) in [6.07, 6.45) is 1.07. The predicted octanol–water partition coefficient (Wildman–Crippen LogP) is 1.38. The molecule has 0 heterocycles. The average Bonchev–Trinajstić information content (AvgIpc) is 1.98. The van der Waals surface area contributed by atoms with E-state index in [4.69, 9.17) is 10.5 Å². The normalized spacial score (nSPS) is 13.3. The van der Waals surface area contributed by atoms with Crippen LogP contribution in [-0.4, -0.2) is 32.3 Å². The number of hydrogen-bond acceptors (Lipinski definition) is 3. The van der Waals surface area contributed by atoms with Crippen LogP contribution in [0.5, 0.6) is 0 Å². The Hall–Kier alpha value is -0.120. The van der Waals surface area contributed by atoms with Crippen LogP contribution in [0.3, 0.4) is 0 Å². The lowest BCUT2D eigenvalue weighted by Gasteiger charge is -2.27. The SMILES string of the molecule is COCCC(C)(C)CNCC(C)(C)N. The van der Waals surface area contributed by atoms with Crippen LogP contribution in [0.15, 0.2) is 0 Å². The number of nitrogens with two attached hydrogens (primary N) is 1. The molecule has 0 aliphatic rings. The van der Waals surface area contributed by atoms with Gasteiger partial charge in [-0.3, -0.25) is 0 Å². The third kappa shape index (κ3) is 8.48. The molecular weight excluding hydrogens is 176 g/mol. The molecule has 3 heteroatoms. The Labute approximate surface area is 88.4 Å². The second kappa shape index (κ2) is 5.69. The lowest BCUT2D eigenvalue weighted by Crippen LogP contribution is -2.45. The van der Waals surface area contributed by atoms with E-state index in [0.717, 1.165) is 26.1 Å². The molecule has 0 aromatic carbocycles. The molecule has 14 heavy (non-hydrogen) atoms. The molecule has 0 amide bonds. The van der Waals surface area contributed by atoms with Gasteiger partial charge in [0.2, 0.25) is 0 Å². The first-order chi connectivity index (χ1) is 6.27. The van der Waals surface area contributed by atoms with Crippen molar-refractivity contribution in [2.45, 2.75) is 39.7 Å². The highest BCUT2D eigenvalue weighted by atomic mass is 16.5. The summed E-state index contributed by atoms with van der Waals surface area (Å²) < 4.78 is 5.07. The van der Waals surface area contributed by atoms with Crippen molar-refractivity contribution in [2.24, 2.45) is 11.1 Å². The van der Waals surface area contributed by atoms with Crippen molar-refractivity contribution in [1.29, 1.82) is 0 Å². The molecule has 0 saturated carbocycles. The molecule has 0 aliphatic heterocycles. The highest BCUT2D eigenvalue weighted by Gasteiger charge is 2.18. The molecule has 3 N–H and O–H groups in total. The van der Waals surface area contributed by atoms with Gasteiger partial charge in [-0.15, -0.1) is 0 Å². The standard InChI is InChI=1S/C11H26N2O/c1-10(2,6-7-14-5)8-13-9-11(3,4)12/h13H,6-9,12H2,1-5H3. The van der Waals surface area contributed by atoms with Crippen LogP contribution in [0.2, 0.25) is 0 Å². The third-order valence-electron chi connectivity index (χ3n) is 2.17. The van der Waals surface area contributed by atoms with E-state index < -0.39 is 0 Å². The highest BCUT2D eigenvalue weighted by Crippen LogP contribution is 2.18. The molecule has 86 valence electrons. The monoisotopic (exact) mass is 202 g/mol. The Morgan fingerprint density at radius 1 is 1.14 bits per heavy atom. The largest absolute Gasteiger partial charge is 0.385 e. The van der Waals surface area contributed by atoms with E-state index in [2.05, 4.69) is 19.2 Å². The smallest absolute Gasteiger partial charge is 0.0467 e. The van der Waals surface area contributed by atoms with E-state index >= 15 is 0 Å². The number of nitrogens with one attached hydrogen (secondary N) is 1. The fourth-order valence-electron chi connectivity index (χ4n) is 1.19. The van der Waals surface area contributed by atoms with Gasteiger partial charge >= 0.3 is 0 Å². The highest BCUT2D eigenvalue weighted by molar-refractivity contribution is 4.78. The zero-order valence-corrected chi connectivity index (χ0v) is 10.3. The maximum atomic E-state index is 5.88. The summed E-state index contributed by atoms with van der Waals surface area (Å²) in [6, 6.07) is 0. The fraction of sp³-hybridized carbons (Fsp3) is 1.00. The minimum atomic E-state index is -0.128. The second-order valence-electron chi connectivity index (χ2n) is 5.50. The van der Waals surface area contributed by atoms with Crippen molar-refractivity contribution < 1.29 is 4.74 Å². The molecule has 0 fully saturated rings. The Balaban J connectivity index is 3.65. The van der Waals surface area contributed by atoms with Crippen molar-refractivity contribution in [3.63, 3.8) is 0 Å². The molecule has 0 aromatic rings. The molecule has 0 radical (unpaired) electrons. The van der Waals surface area contributed by atoms with Gasteiger partial charge in [0.15, 0.2) is 0 Å². The minimum absolute atomic E-state index is 0.128. The van der Waals surface area contributed by atoms with Crippen LogP contribution >= 0.6 is 0 Å². The van der Waals surface area contributed by atoms with Crippen LogP contribution in [0, 0.1) is 5.41 Å². The first-order valence-corrected chi connectivity index (χ1v) is 5.25. The first kappa shape index (κ1) is 13.9. The summed E-state index contributed by atoms with van der Waals surface area (Å²) in [5, 5.41) is 3.39. The molecule has 0 bridgehead atoms. The van der Waals surface area contributed by atoms with Gasteiger partial charge in [-0.05, 0) is 25.7 Å². The zero-order valence-electron chi connectivity index (χ0n) is 10.3. The van der Waals surface area contributed by atoms with E-state index in [0.29, 0.717) is 0 Å². The van der Waals surface area contributed by atoms with Crippen molar-refractivity contribution in [3.05, 3.63) is 0 Å². The number of methoxy groups -OCH3 is 1. The number of ether oxygens (including phenoxy) is 1. The van der Waals surface area contributed by atoms with Gasteiger partial charge in [0.05, 0.1) is 0 Å². The lowest BCUT2D eigenvalue weighted by atomic mass is 9.89. The number of rotatable bonds is 7. The van der Waals surface area contributed by atoms with Crippen LogP contribution in [0.25, 0.3) is 0 Å². The van der Waals surface area contributed by atoms with E-state index in [1.807, 2.05) is 13.8 Å². The van der Waals surface area contributed by atoms with Gasteiger partial charge in [0, 0.05) is 32.3 Å². The van der Waals surface area contributed by atoms with E-state index in [1.54, 1.807) is 7.11 Å². The van der Waals surface area contributed by atoms with Gasteiger partial charge in [0.25, 0.3) is 0 Å². The average molecular weight is 202 g/mol. The molecule has 0 rings (SSSR count). The van der Waals surface area contributed by atoms with Crippen molar-refractivity contribution in [2.75, 3.05) is 26.8 Å². The van der Waals surface area contributed by atoms with Crippen molar-refractivity contribution in [3.8, 4) is 0 Å². The predicted molar refractivity (Wildman–Crippen MR) is 61.4 cm³/mol. The molecule has 0 aromatic heterocycles. The molecular formula is C11H26N2O. The van der Waals surface area contributed by atoms with Gasteiger partial charge in [-0.1, -0.05) is 13.8 Å². The van der Waals surface area contributed by atoms with Crippen LogP contribution in [0.4, 0.5) is 0 Å². The minimum Gasteiger partial charge on any atom is -0.385 e. The van der Waals surface area contributed by atoms with E-state index in [1.165, 1.54) is 0 Å². The van der Waals surface area contributed by atoms with Crippen molar-refractivity contribution in [1.82, 2.24) is 5.32 Å². The van der Waals surface area contributed by atoms with E-state index in [-0.39, 0.29) is 11.0 Å². The fourth-order valence-corrected chi connectivity index (χ4v) is 1.19. The molecule has 0 atom stereocenters. The maximum absolute atomic E-state index is 5.88. The van der Waals surface area contributed by atoms with Gasteiger partial charge < -0.3 is 15.8 Å². The zero-order chi connectivity index (χ0) is 11.2. The van der Waals surface area contributed by atoms with Gasteiger partial charge in [0.1, 0.15) is 0 Å². The molecule has 0 saturated heterocycles. The third-order valence-corrected chi connectivity index (χ3v) is 2.17. The topological polar surface area (TPSA) is 47.3 Å². The van der Waals surface area contributed by atoms with Gasteiger partial charge in [-0.25, -0.2) is 0 Å². The Morgan fingerprint density at radius 2 is 1.71 bits per heavy atom. The van der Waals surface area contributed by atoms with Crippen LogP contribution in [-0.2, 0) is 4.74 Å². The second-order valence-corrected chi connectivity index (χ2v) is 5.50. The van der Waals surface area contributed by atoms with Gasteiger partial charge in [-0.2, -0.15) is 0 Å². The first-order valence-electron chi connectivity index (χ1n) is 5.25. The maximum Gasteiger partial charge on any atom is 0.0467 e. The summed E-state index contributed by atoms with van der Waals surface area (Å²) in [7, 11) is 1.74. The van der Waals surface area contributed by atoms with Crippen LogP contribution < -0.4 is 11.1 Å². The molecule has 0 aliphatic carbocycles. The molecule has 0 spiro atoms. The van der Waals surface area contributed by atoms with E-state index in [9.17, 15) is 0 Å². The van der Waals surface area contributed by atoms with Crippen LogP contribution in [0.1, 0.15) is 34.1 Å². The number of hydrogen-bond donors (Lipinski definition) is 2. The summed E-state index contributed by atoms with van der Waals surface area (Å²) >= 11 is 0. The Morgan fingerprint density at radius 3 is 2.14 bits per heavy atom. The molecule has 3 nitrogen and oxygen atoms in total. The quantitative estimate of drug-likeness (QED) is 0.655. The summed E-state index contributed by atoms with van der Waals surface area (Å²) in [5.74, 6) is 0.